The van der Waals surface area contributed by atoms with Gasteiger partial charge in [-0.1, -0.05) is 6.07 Å². The number of benzene rings is 1. The molecular weight excluding hydrogens is 221 g/mol. The molecule has 1 atom stereocenters. The Balaban J connectivity index is 2.03. The molecule has 0 spiro atoms. The molecule has 2 N–H and O–H groups in total. The van der Waals surface area contributed by atoms with Crippen LogP contribution in [0.2, 0.25) is 0 Å². The van der Waals surface area contributed by atoms with Crippen molar-refractivity contribution in [3.8, 4) is 0 Å². The molecule has 0 saturated heterocycles. The third-order valence-electron chi connectivity index (χ3n) is 3.28. The predicted octanol–water partition coefficient (Wildman–Crippen LogP) is 1.20. The van der Waals surface area contributed by atoms with E-state index in [0.717, 1.165) is 17.5 Å². The molecule has 94 valence electrons. The second-order valence-electron chi connectivity index (χ2n) is 4.50. The Bertz CT molecular complexity index is 397. The SMILES string of the molecule is COCCNCC1(O)CCc2cc(F)ccc21. The molecule has 4 heteroatoms. The van der Waals surface area contributed by atoms with E-state index in [4.69, 9.17) is 4.74 Å². The summed E-state index contributed by atoms with van der Waals surface area (Å²) in [5.41, 5.74) is 0.904. The molecule has 0 saturated carbocycles. The molecule has 3 nitrogen and oxygen atoms in total. The minimum atomic E-state index is -0.864. The highest BCUT2D eigenvalue weighted by atomic mass is 19.1. The molecule has 0 amide bonds. The van der Waals surface area contributed by atoms with Gasteiger partial charge in [0, 0.05) is 20.2 Å². The number of fused-ring (bicyclic) bond motifs is 1. The van der Waals surface area contributed by atoms with E-state index in [-0.39, 0.29) is 5.82 Å². The van der Waals surface area contributed by atoms with Crippen LogP contribution in [0.15, 0.2) is 18.2 Å². The average Bonchev–Trinajstić information content (AvgIpc) is 2.63. The van der Waals surface area contributed by atoms with Crippen molar-refractivity contribution in [2.24, 2.45) is 0 Å². The summed E-state index contributed by atoms with van der Waals surface area (Å²) in [4.78, 5) is 0. The quantitative estimate of drug-likeness (QED) is 0.759. The minimum Gasteiger partial charge on any atom is -0.384 e. The molecule has 1 aliphatic rings. The number of rotatable bonds is 5. The number of nitrogens with one attached hydrogen (secondary N) is 1. The topological polar surface area (TPSA) is 41.5 Å². The van der Waals surface area contributed by atoms with Crippen LogP contribution in [0, 0.1) is 5.82 Å². The van der Waals surface area contributed by atoms with Crippen molar-refractivity contribution < 1.29 is 14.2 Å². The first kappa shape index (κ1) is 12.5. The standard InChI is InChI=1S/C13H18FNO2/c1-17-7-6-15-9-13(16)5-4-10-8-11(14)2-3-12(10)13/h2-3,8,15-16H,4-7,9H2,1H3. The smallest absolute Gasteiger partial charge is 0.123 e. The third-order valence-corrected chi connectivity index (χ3v) is 3.28. The second kappa shape index (κ2) is 5.12. The Morgan fingerprint density at radius 2 is 2.35 bits per heavy atom. The molecule has 2 rings (SSSR count). The number of halogens is 1. The van der Waals surface area contributed by atoms with Gasteiger partial charge in [0.15, 0.2) is 0 Å². The molecule has 1 aliphatic carbocycles. The van der Waals surface area contributed by atoms with Crippen LogP contribution in [0.4, 0.5) is 4.39 Å². The molecule has 0 bridgehead atoms. The van der Waals surface area contributed by atoms with Crippen LogP contribution >= 0.6 is 0 Å². The highest BCUT2D eigenvalue weighted by Gasteiger charge is 2.36. The van der Waals surface area contributed by atoms with Gasteiger partial charge < -0.3 is 15.2 Å². The van der Waals surface area contributed by atoms with Gasteiger partial charge in [-0.3, -0.25) is 0 Å². The maximum atomic E-state index is 13.1. The zero-order valence-corrected chi connectivity index (χ0v) is 10.0. The van der Waals surface area contributed by atoms with E-state index >= 15 is 0 Å². The Labute approximate surface area is 101 Å². The number of aliphatic hydroxyl groups is 1. The lowest BCUT2D eigenvalue weighted by atomic mass is 9.96. The molecule has 0 radical (unpaired) electrons. The Kier molecular flexibility index (Phi) is 3.76. The van der Waals surface area contributed by atoms with Gasteiger partial charge in [0.05, 0.1) is 6.61 Å². The molecule has 0 aliphatic heterocycles. The summed E-state index contributed by atoms with van der Waals surface area (Å²) in [7, 11) is 1.64. The van der Waals surface area contributed by atoms with Crippen LogP contribution in [0.1, 0.15) is 17.5 Å². The van der Waals surface area contributed by atoms with Crippen molar-refractivity contribution >= 4 is 0 Å². The van der Waals surface area contributed by atoms with Crippen LogP contribution < -0.4 is 5.32 Å². The van der Waals surface area contributed by atoms with E-state index in [1.165, 1.54) is 12.1 Å². The second-order valence-corrected chi connectivity index (χ2v) is 4.50. The molecule has 1 aromatic carbocycles. The summed E-state index contributed by atoms with van der Waals surface area (Å²) in [5.74, 6) is -0.236. The first-order valence-corrected chi connectivity index (χ1v) is 5.87. The third kappa shape index (κ3) is 2.65. The van der Waals surface area contributed by atoms with E-state index in [0.29, 0.717) is 26.1 Å². The van der Waals surface area contributed by atoms with Crippen molar-refractivity contribution in [2.45, 2.75) is 18.4 Å². The van der Waals surface area contributed by atoms with Crippen LogP contribution in [-0.4, -0.2) is 31.9 Å². The molecule has 0 heterocycles. The van der Waals surface area contributed by atoms with Crippen molar-refractivity contribution in [1.82, 2.24) is 5.32 Å². The molecular formula is C13H18FNO2. The predicted molar refractivity (Wildman–Crippen MR) is 63.4 cm³/mol. The number of ether oxygens (including phenoxy) is 1. The van der Waals surface area contributed by atoms with Crippen molar-refractivity contribution in [1.29, 1.82) is 0 Å². The summed E-state index contributed by atoms with van der Waals surface area (Å²) in [5, 5.41) is 13.7. The summed E-state index contributed by atoms with van der Waals surface area (Å²) in [6.07, 6.45) is 1.38. The summed E-state index contributed by atoms with van der Waals surface area (Å²) < 4.78 is 18.0. The average molecular weight is 239 g/mol. The fourth-order valence-electron chi connectivity index (χ4n) is 2.35. The first-order chi connectivity index (χ1) is 8.15. The van der Waals surface area contributed by atoms with Crippen molar-refractivity contribution in [2.75, 3.05) is 26.8 Å². The highest BCUT2D eigenvalue weighted by Crippen LogP contribution is 2.36. The van der Waals surface area contributed by atoms with Gasteiger partial charge in [-0.2, -0.15) is 0 Å². The highest BCUT2D eigenvalue weighted by molar-refractivity contribution is 5.37. The Morgan fingerprint density at radius 1 is 1.53 bits per heavy atom. The van der Waals surface area contributed by atoms with E-state index < -0.39 is 5.60 Å². The van der Waals surface area contributed by atoms with E-state index in [9.17, 15) is 9.50 Å². The Hall–Kier alpha value is -0.970. The molecule has 1 aromatic rings. The van der Waals surface area contributed by atoms with Crippen molar-refractivity contribution in [3.05, 3.63) is 35.1 Å². The molecule has 1 unspecified atom stereocenters. The molecule has 17 heavy (non-hydrogen) atoms. The van der Waals surface area contributed by atoms with Crippen LogP contribution in [0.25, 0.3) is 0 Å². The monoisotopic (exact) mass is 239 g/mol. The lowest BCUT2D eigenvalue weighted by molar-refractivity contribution is 0.0371. The first-order valence-electron chi connectivity index (χ1n) is 5.87. The van der Waals surface area contributed by atoms with E-state index in [2.05, 4.69) is 5.32 Å². The molecule has 0 aromatic heterocycles. The van der Waals surface area contributed by atoms with Gasteiger partial charge in [0.25, 0.3) is 0 Å². The largest absolute Gasteiger partial charge is 0.384 e. The fraction of sp³-hybridized carbons (Fsp3) is 0.538. The van der Waals surface area contributed by atoms with E-state index in [1.54, 1.807) is 13.2 Å². The van der Waals surface area contributed by atoms with Gasteiger partial charge in [-0.05, 0) is 36.1 Å². The van der Waals surface area contributed by atoms with Gasteiger partial charge in [0.2, 0.25) is 0 Å². The maximum absolute atomic E-state index is 13.1. The van der Waals surface area contributed by atoms with Gasteiger partial charge in [0.1, 0.15) is 11.4 Å². The normalized spacial score (nSPS) is 22.8. The Morgan fingerprint density at radius 3 is 3.12 bits per heavy atom. The lowest BCUT2D eigenvalue weighted by Crippen LogP contribution is -2.37. The van der Waals surface area contributed by atoms with Crippen LogP contribution in [0.5, 0.6) is 0 Å². The number of methoxy groups -OCH3 is 1. The molecule has 0 fully saturated rings. The number of aryl methyl sites for hydroxylation is 1. The maximum Gasteiger partial charge on any atom is 0.123 e. The summed E-state index contributed by atoms with van der Waals surface area (Å²) in [6, 6.07) is 4.61. The summed E-state index contributed by atoms with van der Waals surface area (Å²) >= 11 is 0. The van der Waals surface area contributed by atoms with Crippen LogP contribution in [-0.2, 0) is 16.8 Å². The summed E-state index contributed by atoms with van der Waals surface area (Å²) in [6.45, 7) is 1.80. The minimum absolute atomic E-state index is 0.236. The van der Waals surface area contributed by atoms with Gasteiger partial charge in [-0.15, -0.1) is 0 Å². The van der Waals surface area contributed by atoms with Crippen LogP contribution in [0.3, 0.4) is 0 Å². The van der Waals surface area contributed by atoms with Gasteiger partial charge >= 0.3 is 0 Å². The van der Waals surface area contributed by atoms with E-state index in [1.807, 2.05) is 0 Å². The zero-order chi connectivity index (χ0) is 12.3. The van der Waals surface area contributed by atoms with Gasteiger partial charge in [-0.25, -0.2) is 4.39 Å². The zero-order valence-electron chi connectivity index (χ0n) is 10.0. The van der Waals surface area contributed by atoms with Crippen molar-refractivity contribution in [3.63, 3.8) is 0 Å². The fourth-order valence-corrected chi connectivity index (χ4v) is 2.35. The number of hydrogen-bond acceptors (Lipinski definition) is 3. The lowest BCUT2D eigenvalue weighted by Gasteiger charge is -2.24. The number of hydrogen-bond donors (Lipinski definition) is 2.